The van der Waals surface area contributed by atoms with Gasteiger partial charge in [0.2, 0.25) is 11.9 Å². The van der Waals surface area contributed by atoms with Gasteiger partial charge in [0.25, 0.3) is 0 Å². The van der Waals surface area contributed by atoms with Crippen molar-refractivity contribution in [3.05, 3.63) is 30.5 Å². The van der Waals surface area contributed by atoms with Gasteiger partial charge in [-0.25, -0.2) is 4.98 Å². The first kappa shape index (κ1) is 16.6. The minimum atomic E-state index is 0.104. The molecule has 1 saturated carbocycles. The van der Waals surface area contributed by atoms with E-state index in [9.17, 15) is 4.79 Å². The molecule has 7 heteroatoms. The van der Waals surface area contributed by atoms with Gasteiger partial charge in [-0.15, -0.1) is 0 Å². The van der Waals surface area contributed by atoms with Crippen LogP contribution in [0, 0.1) is 0 Å². The van der Waals surface area contributed by atoms with E-state index in [4.69, 9.17) is 10.7 Å². The minimum Gasteiger partial charge on any atom is -0.399 e. The molecule has 136 valence electrons. The normalized spacial score (nSPS) is 18.0. The second kappa shape index (κ2) is 6.82. The van der Waals surface area contributed by atoms with Crippen molar-refractivity contribution < 1.29 is 4.79 Å². The maximum absolute atomic E-state index is 12.4. The lowest BCUT2D eigenvalue weighted by Gasteiger charge is -2.30. The van der Waals surface area contributed by atoms with Crippen LogP contribution in [0.2, 0.25) is 0 Å². The summed E-state index contributed by atoms with van der Waals surface area (Å²) in [5.41, 5.74) is 8.15. The lowest BCUT2D eigenvalue weighted by molar-refractivity contribution is -0.118. The number of nitrogens with two attached hydrogens (primary N) is 1. The molecule has 3 N–H and O–H groups in total. The van der Waals surface area contributed by atoms with Crippen LogP contribution in [0.5, 0.6) is 0 Å². The third kappa shape index (κ3) is 3.16. The summed E-state index contributed by atoms with van der Waals surface area (Å²) >= 11 is 0. The van der Waals surface area contributed by atoms with Crippen molar-refractivity contribution >= 4 is 34.7 Å². The number of rotatable bonds is 3. The molecule has 0 bridgehead atoms. The van der Waals surface area contributed by atoms with Crippen molar-refractivity contribution in [2.45, 2.75) is 38.1 Å². The molecule has 2 heterocycles. The van der Waals surface area contributed by atoms with Crippen molar-refractivity contribution in [2.75, 3.05) is 34.4 Å². The zero-order valence-electron chi connectivity index (χ0n) is 15.0. The molecule has 0 unspecified atom stereocenters. The molecular formula is C19H24N6O. The molecule has 0 atom stereocenters. The van der Waals surface area contributed by atoms with E-state index >= 15 is 0 Å². The summed E-state index contributed by atoms with van der Waals surface area (Å²) in [5.74, 6) is 1.46. The maximum Gasteiger partial charge on any atom is 0.229 e. The molecule has 4 rings (SSSR count). The Balaban J connectivity index is 1.70. The highest BCUT2D eigenvalue weighted by Gasteiger charge is 2.31. The number of anilines is 5. The summed E-state index contributed by atoms with van der Waals surface area (Å²) in [6, 6.07) is 7.95. The standard InChI is InChI=1S/C19H24N6O/c1-24-16-12-21-19(22-14-6-4-5-13(20)11-14)23-18(16)25(10-9-17(24)26)15-7-2-3-8-15/h4-6,11-12,15H,2-3,7-10,20H2,1H3,(H,21,22,23). The first-order chi connectivity index (χ1) is 12.6. The highest BCUT2D eigenvalue weighted by Crippen LogP contribution is 2.36. The van der Waals surface area contributed by atoms with Gasteiger partial charge in [0.15, 0.2) is 5.82 Å². The van der Waals surface area contributed by atoms with Gasteiger partial charge in [0.05, 0.1) is 6.20 Å². The quantitative estimate of drug-likeness (QED) is 0.826. The summed E-state index contributed by atoms with van der Waals surface area (Å²) in [4.78, 5) is 25.5. The van der Waals surface area contributed by atoms with Crippen molar-refractivity contribution in [1.82, 2.24) is 9.97 Å². The second-order valence-electron chi connectivity index (χ2n) is 6.99. The smallest absolute Gasteiger partial charge is 0.229 e. The lowest BCUT2D eigenvalue weighted by atomic mass is 10.2. The van der Waals surface area contributed by atoms with Gasteiger partial charge in [0, 0.05) is 37.4 Å². The van der Waals surface area contributed by atoms with E-state index in [-0.39, 0.29) is 5.91 Å². The number of nitrogens with zero attached hydrogens (tertiary/aromatic N) is 4. The molecule has 1 aromatic heterocycles. The Morgan fingerprint density at radius 1 is 1.27 bits per heavy atom. The van der Waals surface area contributed by atoms with Crippen LogP contribution in [-0.4, -0.2) is 35.5 Å². The lowest BCUT2D eigenvalue weighted by Crippen LogP contribution is -2.34. The zero-order chi connectivity index (χ0) is 18.1. The van der Waals surface area contributed by atoms with Gasteiger partial charge in [-0.3, -0.25) is 4.79 Å². The molecule has 7 nitrogen and oxygen atoms in total. The topological polar surface area (TPSA) is 87.4 Å². The average Bonchev–Trinajstić information content (AvgIpc) is 3.12. The van der Waals surface area contributed by atoms with E-state index in [1.54, 1.807) is 18.1 Å². The molecule has 1 aromatic carbocycles. The number of amides is 1. The third-order valence-electron chi connectivity index (χ3n) is 5.23. The number of benzene rings is 1. The van der Waals surface area contributed by atoms with Crippen molar-refractivity contribution in [2.24, 2.45) is 0 Å². The van der Waals surface area contributed by atoms with Crippen LogP contribution in [0.3, 0.4) is 0 Å². The van der Waals surface area contributed by atoms with E-state index < -0.39 is 0 Å². The molecule has 1 aliphatic carbocycles. The molecule has 0 saturated heterocycles. The Labute approximate surface area is 153 Å². The predicted molar refractivity (Wildman–Crippen MR) is 104 cm³/mol. The molecule has 1 aliphatic heterocycles. The van der Waals surface area contributed by atoms with Gasteiger partial charge in [0.1, 0.15) is 5.69 Å². The Morgan fingerprint density at radius 3 is 2.85 bits per heavy atom. The number of aromatic nitrogens is 2. The first-order valence-electron chi connectivity index (χ1n) is 9.14. The predicted octanol–water partition coefficient (Wildman–Crippen LogP) is 2.92. The van der Waals surface area contributed by atoms with E-state index in [1.807, 2.05) is 24.3 Å². The van der Waals surface area contributed by atoms with Crippen LogP contribution >= 0.6 is 0 Å². The summed E-state index contributed by atoms with van der Waals surface area (Å²) < 4.78 is 0. The Bertz CT molecular complexity index is 817. The van der Waals surface area contributed by atoms with Crippen molar-refractivity contribution in [3.8, 4) is 0 Å². The van der Waals surface area contributed by atoms with Gasteiger partial charge in [-0.2, -0.15) is 4.98 Å². The van der Waals surface area contributed by atoms with Crippen LogP contribution in [0.25, 0.3) is 0 Å². The third-order valence-corrected chi connectivity index (χ3v) is 5.23. The fraction of sp³-hybridized carbons (Fsp3) is 0.421. The van der Waals surface area contributed by atoms with Gasteiger partial charge < -0.3 is 20.9 Å². The van der Waals surface area contributed by atoms with E-state index in [0.29, 0.717) is 30.6 Å². The molecule has 0 radical (unpaired) electrons. The average molecular weight is 352 g/mol. The van der Waals surface area contributed by atoms with E-state index in [0.717, 1.165) is 30.0 Å². The molecule has 1 fully saturated rings. The summed E-state index contributed by atoms with van der Waals surface area (Å²) in [6.45, 7) is 0.704. The Hall–Kier alpha value is -2.83. The fourth-order valence-electron chi connectivity index (χ4n) is 3.82. The van der Waals surface area contributed by atoms with Gasteiger partial charge in [-0.05, 0) is 31.0 Å². The van der Waals surface area contributed by atoms with Crippen LogP contribution in [0.4, 0.5) is 28.8 Å². The van der Waals surface area contributed by atoms with E-state index in [1.165, 1.54) is 12.8 Å². The van der Waals surface area contributed by atoms with Crippen molar-refractivity contribution in [1.29, 1.82) is 0 Å². The molecule has 1 amide bonds. The first-order valence-corrected chi connectivity index (χ1v) is 9.14. The highest BCUT2D eigenvalue weighted by molar-refractivity contribution is 5.97. The number of hydrogen-bond donors (Lipinski definition) is 2. The largest absolute Gasteiger partial charge is 0.399 e. The van der Waals surface area contributed by atoms with Gasteiger partial charge in [-0.1, -0.05) is 18.9 Å². The van der Waals surface area contributed by atoms with E-state index in [2.05, 4.69) is 15.2 Å². The number of carbonyl (C=O) groups excluding carboxylic acids is 1. The Kier molecular flexibility index (Phi) is 4.36. The number of nitrogen functional groups attached to an aromatic ring is 1. The van der Waals surface area contributed by atoms with Crippen molar-refractivity contribution in [3.63, 3.8) is 0 Å². The monoisotopic (exact) mass is 352 g/mol. The Morgan fingerprint density at radius 2 is 2.08 bits per heavy atom. The molecule has 0 spiro atoms. The van der Waals surface area contributed by atoms with Crippen LogP contribution in [0.1, 0.15) is 32.1 Å². The fourth-order valence-corrected chi connectivity index (χ4v) is 3.82. The molecule has 2 aliphatic rings. The highest BCUT2D eigenvalue weighted by atomic mass is 16.2. The van der Waals surface area contributed by atoms with Gasteiger partial charge >= 0.3 is 0 Å². The number of nitrogens with one attached hydrogen (secondary N) is 1. The number of carbonyl (C=O) groups is 1. The van der Waals surface area contributed by atoms with Crippen LogP contribution in [-0.2, 0) is 4.79 Å². The van der Waals surface area contributed by atoms with Crippen LogP contribution < -0.4 is 20.9 Å². The minimum absolute atomic E-state index is 0.104. The SMILES string of the molecule is CN1C(=O)CCN(C2CCCC2)c2nc(Nc3cccc(N)c3)ncc21. The van der Waals surface area contributed by atoms with Crippen LogP contribution in [0.15, 0.2) is 30.5 Å². The molecule has 2 aromatic rings. The molecular weight excluding hydrogens is 328 g/mol. The zero-order valence-corrected chi connectivity index (χ0v) is 15.0. The molecule has 26 heavy (non-hydrogen) atoms. The summed E-state index contributed by atoms with van der Waals surface area (Å²) in [7, 11) is 1.80. The number of fused-ring (bicyclic) bond motifs is 1. The summed E-state index contributed by atoms with van der Waals surface area (Å²) in [6.07, 6.45) is 7.02. The summed E-state index contributed by atoms with van der Waals surface area (Å²) in [5, 5.41) is 3.22. The second-order valence-corrected chi connectivity index (χ2v) is 6.99. The number of hydrogen-bond acceptors (Lipinski definition) is 6. The maximum atomic E-state index is 12.4.